The van der Waals surface area contributed by atoms with Gasteiger partial charge in [-0.1, -0.05) is 17.7 Å². The fourth-order valence-corrected chi connectivity index (χ4v) is 4.91. The van der Waals surface area contributed by atoms with Crippen molar-refractivity contribution in [2.24, 2.45) is 5.92 Å². The van der Waals surface area contributed by atoms with Crippen molar-refractivity contribution in [3.05, 3.63) is 53.6 Å². The average molecular weight is 467 g/mol. The number of esters is 1. The van der Waals surface area contributed by atoms with Gasteiger partial charge in [0, 0.05) is 29.9 Å². The van der Waals surface area contributed by atoms with Crippen molar-refractivity contribution < 1.29 is 27.5 Å². The summed E-state index contributed by atoms with van der Waals surface area (Å²) in [6.45, 7) is -0.150. The van der Waals surface area contributed by atoms with Gasteiger partial charge >= 0.3 is 5.97 Å². The molecule has 1 amide bonds. The van der Waals surface area contributed by atoms with Crippen LogP contribution in [0.25, 0.3) is 0 Å². The van der Waals surface area contributed by atoms with E-state index in [-0.39, 0.29) is 11.4 Å². The van der Waals surface area contributed by atoms with Crippen LogP contribution < -0.4 is 10.1 Å². The van der Waals surface area contributed by atoms with E-state index >= 15 is 0 Å². The first kappa shape index (κ1) is 23.1. The zero-order valence-corrected chi connectivity index (χ0v) is 18.5. The second-order valence-corrected chi connectivity index (χ2v) is 9.42. The Morgan fingerprint density at radius 1 is 1.19 bits per heavy atom. The van der Waals surface area contributed by atoms with Gasteiger partial charge in [-0.3, -0.25) is 9.59 Å². The van der Waals surface area contributed by atoms with E-state index in [1.54, 1.807) is 24.3 Å². The maximum atomic E-state index is 12.8. The summed E-state index contributed by atoms with van der Waals surface area (Å²) in [4.78, 5) is 24.7. The van der Waals surface area contributed by atoms with Gasteiger partial charge in [0.25, 0.3) is 5.91 Å². The van der Waals surface area contributed by atoms with Crippen molar-refractivity contribution in [3.8, 4) is 5.75 Å². The van der Waals surface area contributed by atoms with Gasteiger partial charge in [-0.25, -0.2) is 8.42 Å². The molecule has 1 fully saturated rings. The molecule has 2 aromatic rings. The molecule has 1 aliphatic heterocycles. The van der Waals surface area contributed by atoms with E-state index in [1.807, 2.05) is 0 Å². The summed E-state index contributed by atoms with van der Waals surface area (Å²) >= 11 is 5.83. The number of amides is 1. The molecule has 0 aliphatic carbocycles. The molecule has 3 rings (SSSR count). The highest BCUT2D eigenvalue weighted by atomic mass is 35.5. The molecule has 1 unspecified atom stereocenters. The summed E-state index contributed by atoms with van der Waals surface area (Å²) in [5, 5.41) is 3.06. The third kappa shape index (κ3) is 5.96. The summed E-state index contributed by atoms with van der Waals surface area (Å²) in [5.74, 6) is -1.15. The fraction of sp³-hybridized carbons (Fsp3) is 0.333. The third-order valence-corrected chi connectivity index (χ3v) is 7.00. The van der Waals surface area contributed by atoms with Gasteiger partial charge in [0.15, 0.2) is 6.61 Å². The Labute approximate surface area is 186 Å². The molecule has 2 aromatic carbocycles. The van der Waals surface area contributed by atoms with Crippen molar-refractivity contribution in [1.29, 1.82) is 0 Å². The Balaban J connectivity index is 1.55. The van der Waals surface area contributed by atoms with E-state index in [4.69, 9.17) is 21.1 Å². The Hall–Kier alpha value is -2.62. The van der Waals surface area contributed by atoms with Crippen LogP contribution in [0.5, 0.6) is 5.75 Å². The summed E-state index contributed by atoms with van der Waals surface area (Å²) < 4.78 is 37.2. The van der Waals surface area contributed by atoms with Crippen LogP contribution in [0.3, 0.4) is 0 Å². The van der Waals surface area contributed by atoms with E-state index in [1.165, 1.54) is 35.7 Å². The van der Waals surface area contributed by atoms with E-state index in [2.05, 4.69) is 5.32 Å². The van der Waals surface area contributed by atoms with Crippen LogP contribution in [0.4, 0.5) is 5.69 Å². The number of carbonyl (C=O) groups excluding carboxylic acids is 2. The Morgan fingerprint density at radius 3 is 2.65 bits per heavy atom. The molecule has 1 N–H and O–H groups in total. The minimum atomic E-state index is -3.75. The number of piperidine rings is 1. The molecule has 0 bridgehead atoms. The number of hydrogen-bond acceptors (Lipinski definition) is 6. The van der Waals surface area contributed by atoms with Gasteiger partial charge in [-0.05, 0) is 49.2 Å². The number of hydrogen-bond donors (Lipinski definition) is 1. The van der Waals surface area contributed by atoms with Gasteiger partial charge in [0.05, 0.1) is 17.9 Å². The fourth-order valence-electron chi connectivity index (χ4n) is 3.26. The standard InChI is InChI=1S/C21H23ClN2O6S/c1-29-18-6-2-5-17(12-18)23-20(25)14-30-21(26)15-4-3-11-24(13-15)31(27,28)19-9-7-16(22)8-10-19/h2,5-10,12,15H,3-4,11,13-14H2,1H3,(H,23,25). The van der Waals surface area contributed by atoms with E-state index in [0.717, 1.165) is 0 Å². The number of sulfonamides is 1. The molecule has 0 spiro atoms. The van der Waals surface area contributed by atoms with Gasteiger partial charge in [-0.15, -0.1) is 0 Å². The molecule has 0 aromatic heterocycles. The zero-order chi connectivity index (χ0) is 22.4. The number of ether oxygens (including phenoxy) is 2. The largest absolute Gasteiger partial charge is 0.497 e. The molecule has 1 heterocycles. The minimum absolute atomic E-state index is 0.00129. The van der Waals surface area contributed by atoms with E-state index in [9.17, 15) is 18.0 Å². The maximum absolute atomic E-state index is 12.8. The zero-order valence-electron chi connectivity index (χ0n) is 16.9. The van der Waals surface area contributed by atoms with Crippen LogP contribution in [0.2, 0.25) is 5.02 Å². The van der Waals surface area contributed by atoms with Gasteiger partial charge in [0.1, 0.15) is 5.75 Å². The predicted octanol–water partition coefficient (Wildman–Crippen LogP) is 2.93. The van der Waals surface area contributed by atoms with Crippen molar-refractivity contribution in [2.75, 3.05) is 32.1 Å². The summed E-state index contributed by atoms with van der Waals surface area (Å²) in [6, 6.07) is 12.7. The molecule has 8 nitrogen and oxygen atoms in total. The van der Waals surface area contributed by atoms with Gasteiger partial charge in [-0.2, -0.15) is 4.31 Å². The second kappa shape index (κ2) is 10.1. The highest BCUT2D eigenvalue weighted by Gasteiger charge is 2.34. The molecular formula is C21H23ClN2O6S. The van der Waals surface area contributed by atoms with Crippen LogP contribution in [-0.2, 0) is 24.3 Å². The lowest BCUT2D eigenvalue weighted by molar-refractivity contribution is -0.152. The monoisotopic (exact) mass is 466 g/mol. The Bertz CT molecular complexity index is 1040. The number of benzene rings is 2. The number of methoxy groups -OCH3 is 1. The lowest BCUT2D eigenvalue weighted by Crippen LogP contribution is -2.43. The average Bonchev–Trinajstić information content (AvgIpc) is 2.78. The summed E-state index contributed by atoms with van der Waals surface area (Å²) in [5.41, 5.74) is 0.512. The quantitative estimate of drug-likeness (QED) is 0.629. The van der Waals surface area contributed by atoms with Crippen LogP contribution >= 0.6 is 11.6 Å². The molecule has 0 saturated carbocycles. The molecule has 10 heteroatoms. The van der Waals surface area contributed by atoms with Gasteiger partial charge < -0.3 is 14.8 Å². The first-order chi connectivity index (χ1) is 14.8. The predicted molar refractivity (Wildman–Crippen MR) is 116 cm³/mol. The summed E-state index contributed by atoms with van der Waals surface area (Å²) in [6.07, 6.45) is 1.01. The third-order valence-electron chi connectivity index (χ3n) is 4.87. The van der Waals surface area contributed by atoms with E-state index < -0.39 is 34.4 Å². The van der Waals surface area contributed by atoms with Crippen molar-refractivity contribution in [3.63, 3.8) is 0 Å². The normalized spacial score (nSPS) is 17.0. The van der Waals surface area contributed by atoms with E-state index in [0.29, 0.717) is 35.8 Å². The van der Waals surface area contributed by atoms with Crippen molar-refractivity contribution >= 4 is 39.2 Å². The van der Waals surface area contributed by atoms with Crippen LogP contribution in [0.15, 0.2) is 53.4 Å². The van der Waals surface area contributed by atoms with Crippen molar-refractivity contribution in [1.82, 2.24) is 4.31 Å². The smallest absolute Gasteiger partial charge is 0.310 e. The first-order valence-electron chi connectivity index (χ1n) is 9.66. The highest BCUT2D eigenvalue weighted by Crippen LogP contribution is 2.25. The first-order valence-corrected chi connectivity index (χ1v) is 11.5. The number of nitrogens with zero attached hydrogens (tertiary/aromatic N) is 1. The number of nitrogens with one attached hydrogen (secondary N) is 1. The van der Waals surface area contributed by atoms with Crippen molar-refractivity contribution in [2.45, 2.75) is 17.7 Å². The Morgan fingerprint density at radius 2 is 1.94 bits per heavy atom. The number of halogens is 1. The summed E-state index contributed by atoms with van der Waals surface area (Å²) in [7, 11) is -2.23. The van der Waals surface area contributed by atoms with Crippen LogP contribution in [0, 0.1) is 5.92 Å². The molecular weight excluding hydrogens is 444 g/mol. The SMILES string of the molecule is COc1cccc(NC(=O)COC(=O)C2CCCN(S(=O)(=O)c3ccc(Cl)cc3)C2)c1. The molecule has 0 radical (unpaired) electrons. The number of rotatable bonds is 7. The van der Waals surface area contributed by atoms with Crippen LogP contribution in [0.1, 0.15) is 12.8 Å². The highest BCUT2D eigenvalue weighted by molar-refractivity contribution is 7.89. The number of carbonyl (C=O) groups is 2. The maximum Gasteiger partial charge on any atom is 0.310 e. The van der Waals surface area contributed by atoms with Crippen LogP contribution in [-0.4, -0.2) is 51.4 Å². The molecule has 1 atom stereocenters. The molecule has 31 heavy (non-hydrogen) atoms. The lowest BCUT2D eigenvalue weighted by atomic mass is 10.00. The molecule has 1 aliphatic rings. The second-order valence-electron chi connectivity index (χ2n) is 7.04. The number of anilines is 1. The lowest BCUT2D eigenvalue weighted by Gasteiger charge is -2.30. The van der Waals surface area contributed by atoms with Gasteiger partial charge in [0.2, 0.25) is 10.0 Å². The minimum Gasteiger partial charge on any atom is -0.497 e. The topological polar surface area (TPSA) is 102 Å². The molecule has 1 saturated heterocycles. The Kier molecular flexibility index (Phi) is 7.53. The molecule has 166 valence electrons.